The molecule has 1 unspecified atom stereocenters. The number of nitrogens with zero attached hydrogens (tertiary/aromatic N) is 1. The van der Waals surface area contributed by atoms with Crippen molar-refractivity contribution in [2.75, 3.05) is 6.54 Å². The first-order chi connectivity index (χ1) is 9.11. The summed E-state index contributed by atoms with van der Waals surface area (Å²) in [5.41, 5.74) is 6.55. The van der Waals surface area contributed by atoms with E-state index in [-0.39, 0.29) is 11.7 Å². The number of carbonyl (C=O) groups excluding carboxylic acids is 1. The second-order valence-electron chi connectivity index (χ2n) is 5.09. The van der Waals surface area contributed by atoms with Gasteiger partial charge in [-0.2, -0.15) is 0 Å². The molecule has 0 spiro atoms. The SMILES string of the molecule is CC(CNC(=O)c1cccc(/C(N)=N/O)c1)C1CC1. The molecule has 1 saturated carbocycles. The topological polar surface area (TPSA) is 87.7 Å². The van der Waals surface area contributed by atoms with Gasteiger partial charge in [-0.25, -0.2) is 0 Å². The van der Waals surface area contributed by atoms with Crippen LogP contribution in [0.4, 0.5) is 0 Å². The molecule has 0 aliphatic heterocycles. The number of hydrogen-bond donors (Lipinski definition) is 3. The Balaban J connectivity index is 1.98. The van der Waals surface area contributed by atoms with Crippen molar-refractivity contribution >= 4 is 11.7 Å². The third kappa shape index (κ3) is 3.47. The van der Waals surface area contributed by atoms with E-state index in [0.29, 0.717) is 23.6 Å². The molecule has 1 atom stereocenters. The van der Waals surface area contributed by atoms with Gasteiger partial charge in [-0.05, 0) is 36.8 Å². The van der Waals surface area contributed by atoms with Crippen molar-refractivity contribution in [1.82, 2.24) is 5.32 Å². The van der Waals surface area contributed by atoms with Crippen molar-refractivity contribution in [2.45, 2.75) is 19.8 Å². The third-order valence-electron chi connectivity index (χ3n) is 3.54. The minimum absolute atomic E-state index is 0.000925. The molecule has 0 bridgehead atoms. The Morgan fingerprint density at radius 2 is 2.21 bits per heavy atom. The summed E-state index contributed by atoms with van der Waals surface area (Å²) in [4.78, 5) is 12.0. The van der Waals surface area contributed by atoms with Crippen LogP contribution in [0.15, 0.2) is 29.4 Å². The lowest BCUT2D eigenvalue weighted by Crippen LogP contribution is -2.29. The van der Waals surface area contributed by atoms with Gasteiger partial charge in [0.15, 0.2) is 5.84 Å². The van der Waals surface area contributed by atoms with Crippen LogP contribution in [0.2, 0.25) is 0 Å². The minimum atomic E-state index is -0.125. The molecule has 1 aromatic rings. The van der Waals surface area contributed by atoms with Crippen LogP contribution in [-0.2, 0) is 0 Å². The van der Waals surface area contributed by atoms with E-state index in [9.17, 15) is 4.79 Å². The number of nitrogens with two attached hydrogens (primary N) is 1. The average Bonchev–Trinajstić information content (AvgIpc) is 3.28. The molecule has 1 aliphatic carbocycles. The molecular weight excluding hydrogens is 242 g/mol. The van der Waals surface area contributed by atoms with Crippen LogP contribution in [0.3, 0.4) is 0 Å². The van der Waals surface area contributed by atoms with Gasteiger partial charge in [0, 0.05) is 17.7 Å². The number of benzene rings is 1. The second kappa shape index (κ2) is 5.73. The van der Waals surface area contributed by atoms with Crippen molar-refractivity contribution in [3.63, 3.8) is 0 Å². The van der Waals surface area contributed by atoms with Gasteiger partial charge in [-0.1, -0.05) is 24.2 Å². The van der Waals surface area contributed by atoms with Crippen LogP contribution < -0.4 is 11.1 Å². The Labute approximate surface area is 112 Å². The van der Waals surface area contributed by atoms with Gasteiger partial charge in [0.25, 0.3) is 5.91 Å². The van der Waals surface area contributed by atoms with Crippen molar-refractivity contribution in [3.8, 4) is 0 Å². The molecule has 1 fully saturated rings. The normalized spacial score (nSPS) is 17.0. The maximum Gasteiger partial charge on any atom is 0.251 e. The summed E-state index contributed by atoms with van der Waals surface area (Å²) in [5, 5.41) is 14.5. The second-order valence-corrected chi connectivity index (χ2v) is 5.09. The monoisotopic (exact) mass is 261 g/mol. The van der Waals surface area contributed by atoms with Gasteiger partial charge in [-0.15, -0.1) is 0 Å². The van der Waals surface area contributed by atoms with E-state index in [0.717, 1.165) is 5.92 Å². The lowest BCUT2D eigenvalue weighted by atomic mass is 10.1. The standard InChI is InChI=1S/C14H19N3O2/c1-9(10-5-6-10)8-16-14(18)12-4-2-3-11(7-12)13(15)17-19/h2-4,7,9-10,19H,5-6,8H2,1H3,(H2,15,17)(H,16,18). The van der Waals surface area contributed by atoms with Crippen LogP contribution in [0.5, 0.6) is 0 Å². The molecule has 5 heteroatoms. The van der Waals surface area contributed by atoms with Crippen molar-refractivity contribution < 1.29 is 10.0 Å². The maximum absolute atomic E-state index is 12.0. The van der Waals surface area contributed by atoms with Crippen molar-refractivity contribution in [3.05, 3.63) is 35.4 Å². The summed E-state index contributed by atoms with van der Waals surface area (Å²) in [6.07, 6.45) is 2.55. The summed E-state index contributed by atoms with van der Waals surface area (Å²) in [5.74, 6) is 1.17. The summed E-state index contributed by atoms with van der Waals surface area (Å²) in [7, 11) is 0. The average molecular weight is 261 g/mol. The summed E-state index contributed by atoms with van der Waals surface area (Å²) >= 11 is 0. The van der Waals surface area contributed by atoms with Crippen LogP contribution >= 0.6 is 0 Å². The highest BCUT2D eigenvalue weighted by atomic mass is 16.4. The summed E-state index contributed by atoms with van der Waals surface area (Å²) in [6, 6.07) is 6.74. The number of amidine groups is 1. The third-order valence-corrected chi connectivity index (χ3v) is 3.54. The fourth-order valence-electron chi connectivity index (χ4n) is 2.07. The van der Waals surface area contributed by atoms with Crippen LogP contribution in [0.1, 0.15) is 35.7 Å². The van der Waals surface area contributed by atoms with Crippen LogP contribution in [0, 0.1) is 11.8 Å². The number of rotatable bonds is 5. The lowest BCUT2D eigenvalue weighted by molar-refractivity contribution is 0.0946. The Morgan fingerprint density at radius 3 is 2.84 bits per heavy atom. The van der Waals surface area contributed by atoms with Gasteiger partial charge in [0.1, 0.15) is 0 Å². The van der Waals surface area contributed by atoms with Gasteiger partial charge in [-0.3, -0.25) is 4.79 Å². The predicted octanol–water partition coefficient (Wildman–Crippen LogP) is 1.56. The fourth-order valence-corrected chi connectivity index (χ4v) is 2.07. The first-order valence-corrected chi connectivity index (χ1v) is 6.48. The molecule has 2 rings (SSSR count). The molecule has 1 aromatic carbocycles. The minimum Gasteiger partial charge on any atom is -0.409 e. The smallest absolute Gasteiger partial charge is 0.251 e. The zero-order valence-electron chi connectivity index (χ0n) is 11.0. The molecule has 102 valence electrons. The zero-order chi connectivity index (χ0) is 13.8. The molecule has 5 nitrogen and oxygen atoms in total. The molecule has 0 heterocycles. The van der Waals surface area contributed by atoms with E-state index in [2.05, 4.69) is 17.4 Å². The predicted molar refractivity (Wildman–Crippen MR) is 73.2 cm³/mol. The first-order valence-electron chi connectivity index (χ1n) is 6.48. The fraction of sp³-hybridized carbons (Fsp3) is 0.429. The van der Waals surface area contributed by atoms with E-state index in [1.54, 1.807) is 24.3 Å². The Hall–Kier alpha value is -2.04. The van der Waals surface area contributed by atoms with Crippen molar-refractivity contribution in [1.29, 1.82) is 0 Å². The van der Waals surface area contributed by atoms with Gasteiger partial charge >= 0.3 is 0 Å². The Kier molecular flexibility index (Phi) is 4.04. The highest BCUT2D eigenvalue weighted by Gasteiger charge is 2.27. The van der Waals surface area contributed by atoms with Crippen LogP contribution in [-0.4, -0.2) is 23.5 Å². The van der Waals surface area contributed by atoms with E-state index < -0.39 is 0 Å². The Morgan fingerprint density at radius 1 is 1.53 bits per heavy atom. The lowest BCUT2D eigenvalue weighted by Gasteiger charge is -2.11. The van der Waals surface area contributed by atoms with Gasteiger partial charge in [0.2, 0.25) is 0 Å². The molecule has 0 saturated heterocycles. The van der Waals surface area contributed by atoms with Gasteiger partial charge in [0.05, 0.1) is 0 Å². The molecule has 1 amide bonds. The number of nitrogens with one attached hydrogen (secondary N) is 1. The molecule has 0 radical (unpaired) electrons. The highest BCUT2D eigenvalue weighted by Crippen LogP contribution is 2.36. The number of oxime groups is 1. The largest absolute Gasteiger partial charge is 0.409 e. The first kappa shape index (κ1) is 13.4. The summed E-state index contributed by atoms with van der Waals surface area (Å²) in [6.45, 7) is 2.85. The van der Waals surface area contributed by atoms with E-state index in [1.807, 2.05) is 0 Å². The molecule has 19 heavy (non-hydrogen) atoms. The number of hydrogen-bond acceptors (Lipinski definition) is 3. The van der Waals surface area contributed by atoms with Crippen LogP contribution in [0.25, 0.3) is 0 Å². The van der Waals surface area contributed by atoms with E-state index >= 15 is 0 Å². The molecule has 0 aromatic heterocycles. The van der Waals surface area contributed by atoms with E-state index in [1.165, 1.54) is 12.8 Å². The highest BCUT2D eigenvalue weighted by molar-refractivity contribution is 6.01. The molecule has 4 N–H and O–H groups in total. The number of amides is 1. The molecular formula is C14H19N3O2. The quantitative estimate of drug-likeness (QED) is 0.325. The summed E-state index contributed by atoms with van der Waals surface area (Å²) < 4.78 is 0. The van der Waals surface area contributed by atoms with Crippen molar-refractivity contribution in [2.24, 2.45) is 22.7 Å². The maximum atomic E-state index is 12.0. The van der Waals surface area contributed by atoms with E-state index in [4.69, 9.17) is 10.9 Å². The number of carbonyl (C=O) groups is 1. The van der Waals surface area contributed by atoms with Gasteiger partial charge < -0.3 is 16.3 Å². The molecule has 1 aliphatic rings. The zero-order valence-corrected chi connectivity index (χ0v) is 11.0. The Bertz CT molecular complexity index is 495.